The SMILES string of the molecule is COc1cccc(-c2csc(NC(=O)c3ccc(S(=O)(=O)N4CCCCCC4)cc3)n2)c1. The molecule has 0 unspecified atom stereocenters. The summed E-state index contributed by atoms with van der Waals surface area (Å²) in [5.74, 6) is 0.395. The zero-order valence-electron chi connectivity index (χ0n) is 17.8. The minimum absolute atomic E-state index is 0.213. The summed E-state index contributed by atoms with van der Waals surface area (Å²) in [5, 5.41) is 5.11. The first-order valence-electron chi connectivity index (χ1n) is 10.5. The molecule has 0 saturated carbocycles. The van der Waals surface area contributed by atoms with Gasteiger partial charge in [0.25, 0.3) is 5.91 Å². The summed E-state index contributed by atoms with van der Waals surface area (Å²) in [6.45, 7) is 1.09. The van der Waals surface area contributed by atoms with Crippen LogP contribution in [0.4, 0.5) is 5.13 Å². The molecule has 1 saturated heterocycles. The minimum atomic E-state index is -3.54. The Morgan fingerprint density at radius 1 is 1.06 bits per heavy atom. The fourth-order valence-electron chi connectivity index (χ4n) is 3.62. The van der Waals surface area contributed by atoms with Crippen LogP contribution < -0.4 is 10.1 Å². The smallest absolute Gasteiger partial charge is 0.257 e. The van der Waals surface area contributed by atoms with E-state index < -0.39 is 10.0 Å². The van der Waals surface area contributed by atoms with Crippen LogP contribution >= 0.6 is 11.3 Å². The normalized spacial score (nSPS) is 15.2. The molecule has 1 fully saturated rings. The number of aromatic nitrogens is 1. The predicted molar refractivity (Wildman–Crippen MR) is 126 cm³/mol. The van der Waals surface area contributed by atoms with Gasteiger partial charge in [0, 0.05) is 29.6 Å². The van der Waals surface area contributed by atoms with E-state index in [4.69, 9.17) is 4.74 Å². The van der Waals surface area contributed by atoms with E-state index in [1.54, 1.807) is 11.4 Å². The lowest BCUT2D eigenvalue weighted by Crippen LogP contribution is -2.31. The molecule has 0 radical (unpaired) electrons. The molecule has 0 bridgehead atoms. The van der Waals surface area contributed by atoms with Gasteiger partial charge in [-0.15, -0.1) is 11.3 Å². The Balaban J connectivity index is 1.45. The Morgan fingerprint density at radius 3 is 2.47 bits per heavy atom. The first-order valence-corrected chi connectivity index (χ1v) is 12.8. The van der Waals surface area contributed by atoms with Gasteiger partial charge in [0.15, 0.2) is 5.13 Å². The third kappa shape index (κ3) is 5.01. The van der Waals surface area contributed by atoms with Gasteiger partial charge in [0.2, 0.25) is 10.0 Å². The zero-order valence-corrected chi connectivity index (χ0v) is 19.4. The number of anilines is 1. The highest BCUT2D eigenvalue weighted by atomic mass is 32.2. The number of ether oxygens (including phenoxy) is 1. The van der Waals surface area contributed by atoms with Crippen LogP contribution in [0.2, 0.25) is 0 Å². The van der Waals surface area contributed by atoms with Gasteiger partial charge < -0.3 is 4.74 Å². The largest absolute Gasteiger partial charge is 0.497 e. The van der Waals surface area contributed by atoms with Gasteiger partial charge in [-0.1, -0.05) is 25.0 Å². The van der Waals surface area contributed by atoms with E-state index in [1.165, 1.54) is 35.6 Å². The van der Waals surface area contributed by atoms with Crippen molar-refractivity contribution in [3.05, 3.63) is 59.5 Å². The number of benzene rings is 2. The number of hydrogen-bond acceptors (Lipinski definition) is 6. The Kier molecular flexibility index (Phi) is 6.88. The minimum Gasteiger partial charge on any atom is -0.497 e. The van der Waals surface area contributed by atoms with E-state index in [2.05, 4.69) is 10.3 Å². The molecule has 0 atom stereocenters. The van der Waals surface area contributed by atoms with Crippen molar-refractivity contribution >= 4 is 32.4 Å². The monoisotopic (exact) mass is 471 g/mol. The van der Waals surface area contributed by atoms with E-state index >= 15 is 0 Å². The van der Waals surface area contributed by atoms with Gasteiger partial charge in [-0.05, 0) is 49.2 Å². The molecule has 2 aromatic carbocycles. The van der Waals surface area contributed by atoms with Gasteiger partial charge in [0.05, 0.1) is 17.7 Å². The van der Waals surface area contributed by atoms with Crippen LogP contribution in [0.25, 0.3) is 11.3 Å². The quantitative estimate of drug-likeness (QED) is 0.566. The Morgan fingerprint density at radius 2 is 1.78 bits per heavy atom. The first kappa shape index (κ1) is 22.4. The van der Waals surface area contributed by atoms with Gasteiger partial charge in [-0.3, -0.25) is 10.1 Å². The molecule has 1 amide bonds. The molecular formula is C23H25N3O4S2. The fraction of sp³-hybridized carbons (Fsp3) is 0.304. The maximum absolute atomic E-state index is 12.9. The van der Waals surface area contributed by atoms with E-state index in [-0.39, 0.29) is 10.8 Å². The summed E-state index contributed by atoms with van der Waals surface area (Å²) in [6.07, 6.45) is 3.87. The topological polar surface area (TPSA) is 88.6 Å². The fourth-order valence-corrected chi connectivity index (χ4v) is 5.86. The molecule has 32 heavy (non-hydrogen) atoms. The number of nitrogens with one attached hydrogen (secondary N) is 1. The Bertz CT molecular complexity index is 1180. The average Bonchev–Trinajstić information content (AvgIpc) is 3.10. The van der Waals surface area contributed by atoms with Crippen LogP contribution in [0, 0.1) is 0 Å². The Labute approximate surface area is 192 Å². The molecule has 1 aliphatic rings. The van der Waals surface area contributed by atoms with Crippen LogP contribution in [0.5, 0.6) is 5.75 Å². The zero-order chi connectivity index (χ0) is 22.6. The molecule has 3 aromatic rings. The standard InChI is InChI=1S/C23H25N3O4S2/c1-30-19-8-6-7-18(15-19)21-16-31-23(24-21)25-22(27)17-9-11-20(12-10-17)32(28,29)26-13-4-2-3-5-14-26/h6-12,15-16H,2-5,13-14H2,1H3,(H,24,25,27). The maximum atomic E-state index is 12.9. The summed E-state index contributed by atoms with van der Waals surface area (Å²) in [7, 11) is -1.93. The summed E-state index contributed by atoms with van der Waals surface area (Å²) >= 11 is 1.32. The van der Waals surface area contributed by atoms with E-state index in [0.717, 1.165) is 42.7 Å². The van der Waals surface area contributed by atoms with Gasteiger partial charge in [-0.25, -0.2) is 13.4 Å². The van der Waals surface area contributed by atoms with Crippen LogP contribution in [0.1, 0.15) is 36.0 Å². The van der Waals surface area contributed by atoms with Crippen molar-refractivity contribution in [2.24, 2.45) is 0 Å². The number of sulfonamides is 1. The van der Waals surface area contributed by atoms with Crippen molar-refractivity contribution in [3.63, 3.8) is 0 Å². The maximum Gasteiger partial charge on any atom is 0.257 e. The number of carbonyl (C=O) groups excluding carboxylic acids is 1. The molecule has 0 aliphatic carbocycles. The molecule has 4 rings (SSSR count). The van der Waals surface area contributed by atoms with Gasteiger partial charge in [0.1, 0.15) is 5.75 Å². The number of rotatable bonds is 6. The molecule has 1 aromatic heterocycles. The van der Waals surface area contributed by atoms with Crippen molar-refractivity contribution in [1.29, 1.82) is 0 Å². The first-order chi connectivity index (χ1) is 15.5. The lowest BCUT2D eigenvalue weighted by atomic mass is 10.2. The predicted octanol–water partition coefficient (Wildman–Crippen LogP) is 4.64. The van der Waals surface area contributed by atoms with E-state index in [9.17, 15) is 13.2 Å². The average molecular weight is 472 g/mol. The van der Waals surface area contributed by atoms with Gasteiger partial charge in [-0.2, -0.15) is 4.31 Å². The molecule has 9 heteroatoms. The molecule has 2 heterocycles. The molecule has 1 aliphatic heterocycles. The molecular weight excluding hydrogens is 446 g/mol. The van der Waals surface area contributed by atoms with Crippen molar-refractivity contribution in [1.82, 2.24) is 9.29 Å². The molecule has 7 nitrogen and oxygen atoms in total. The molecule has 1 N–H and O–H groups in total. The summed E-state index contributed by atoms with van der Waals surface area (Å²) in [4.78, 5) is 17.3. The third-order valence-corrected chi connectivity index (χ3v) is 8.08. The van der Waals surface area contributed by atoms with Crippen LogP contribution in [0.3, 0.4) is 0 Å². The number of carbonyl (C=O) groups is 1. The summed E-state index contributed by atoms with van der Waals surface area (Å²) < 4.78 is 32.6. The van der Waals surface area contributed by atoms with E-state index in [1.807, 2.05) is 29.6 Å². The van der Waals surface area contributed by atoms with E-state index in [0.29, 0.717) is 23.8 Å². The van der Waals surface area contributed by atoms with Crippen LogP contribution in [-0.2, 0) is 10.0 Å². The van der Waals surface area contributed by atoms with Crippen molar-refractivity contribution < 1.29 is 17.9 Å². The third-order valence-electron chi connectivity index (χ3n) is 5.41. The lowest BCUT2D eigenvalue weighted by molar-refractivity contribution is 0.102. The molecule has 0 spiro atoms. The van der Waals surface area contributed by atoms with Crippen LogP contribution in [0.15, 0.2) is 58.8 Å². The number of hydrogen-bond donors (Lipinski definition) is 1. The summed E-state index contributed by atoms with van der Waals surface area (Å²) in [5.41, 5.74) is 2.00. The highest BCUT2D eigenvalue weighted by molar-refractivity contribution is 7.89. The lowest BCUT2D eigenvalue weighted by Gasteiger charge is -2.20. The number of amides is 1. The van der Waals surface area contributed by atoms with Crippen molar-refractivity contribution in [2.75, 3.05) is 25.5 Å². The van der Waals surface area contributed by atoms with Gasteiger partial charge >= 0.3 is 0 Å². The highest BCUT2D eigenvalue weighted by Crippen LogP contribution is 2.28. The number of methoxy groups -OCH3 is 1. The van der Waals surface area contributed by atoms with Crippen molar-refractivity contribution in [3.8, 4) is 17.0 Å². The summed E-state index contributed by atoms with van der Waals surface area (Å²) in [6, 6.07) is 13.6. The van der Waals surface area contributed by atoms with Crippen molar-refractivity contribution in [2.45, 2.75) is 30.6 Å². The highest BCUT2D eigenvalue weighted by Gasteiger charge is 2.25. The second-order valence-corrected chi connectivity index (χ2v) is 10.4. The second-order valence-electron chi connectivity index (χ2n) is 7.57. The second kappa shape index (κ2) is 9.81. The Hall–Kier alpha value is -2.75. The number of thiazole rings is 1. The molecule has 168 valence electrons. The number of nitrogens with zero attached hydrogens (tertiary/aromatic N) is 2. The van der Waals surface area contributed by atoms with Crippen LogP contribution in [-0.4, -0.2) is 43.8 Å².